The van der Waals surface area contributed by atoms with Crippen LogP contribution < -0.4 is 0 Å². The molecule has 3 aromatic rings. The molecule has 0 spiro atoms. The maximum absolute atomic E-state index is 12.4. The van der Waals surface area contributed by atoms with Crippen LogP contribution in [0.15, 0.2) is 59.2 Å². The fraction of sp³-hybridized carbons (Fsp3) is 0.118. The average molecular weight is 328 g/mol. The minimum atomic E-state index is 0.139. The van der Waals surface area contributed by atoms with Crippen LogP contribution in [0.4, 0.5) is 0 Å². The maximum Gasteiger partial charge on any atom is 0.182 e. The van der Waals surface area contributed by atoms with E-state index in [4.69, 9.17) is 0 Å². The maximum atomic E-state index is 12.4. The Morgan fingerprint density at radius 2 is 1.90 bits per heavy atom. The second-order valence-electron chi connectivity index (χ2n) is 4.85. The molecular weight excluding hydrogens is 314 g/mol. The molecule has 0 aliphatic rings. The van der Waals surface area contributed by atoms with Crippen LogP contribution in [0, 0.1) is 6.92 Å². The van der Waals surface area contributed by atoms with E-state index >= 15 is 0 Å². The second kappa shape index (κ2) is 5.25. The van der Waals surface area contributed by atoms with Gasteiger partial charge in [0.1, 0.15) is 0 Å². The minimum absolute atomic E-state index is 0.139. The van der Waals surface area contributed by atoms with Crippen molar-refractivity contribution >= 4 is 32.6 Å². The Hall–Kier alpha value is -1.87. The van der Waals surface area contributed by atoms with Gasteiger partial charge >= 0.3 is 0 Å². The first-order chi connectivity index (χ1) is 9.66. The van der Waals surface area contributed by atoms with E-state index in [1.165, 1.54) is 0 Å². The molecule has 0 aliphatic carbocycles. The first-order valence-corrected chi connectivity index (χ1v) is 7.28. The molecular formula is C17H14BrNO. The van der Waals surface area contributed by atoms with Gasteiger partial charge in [-0.3, -0.25) is 4.79 Å². The van der Waals surface area contributed by atoms with E-state index in [-0.39, 0.29) is 5.78 Å². The smallest absolute Gasteiger partial charge is 0.182 e. The summed E-state index contributed by atoms with van der Waals surface area (Å²) in [6, 6.07) is 15.8. The van der Waals surface area contributed by atoms with E-state index in [1.807, 2.05) is 66.2 Å². The standard InChI is InChI=1S/C17H14BrNO/c1-12-5-2-3-6-13(12)17(20)11-19-10-9-14-15(18)7-4-8-16(14)19/h2-10H,11H2,1H3. The Morgan fingerprint density at radius 1 is 1.10 bits per heavy atom. The van der Waals surface area contributed by atoms with Crippen LogP contribution in [0.2, 0.25) is 0 Å². The summed E-state index contributed by atoms with van der Waals surface area (Å²) >= 11 is 3.53. The minimum Gasteiger partial charge on any atom is -0.340 e. The van der Waals surface area contributed by atoms with Crippen molar-refractivity contribution in [1.82, 2.24) is 4.57 Å². The molecule has 1 aromatic heterocycles. The summed E-state index contributed by atoms with van der Waals surface area (Å²) in [5.41, 5.74) is 2.89. The van der Waals surface area contributed by atoms with Gasteiger partial charge in [0, 0.05) is 27.1 Å². The van der Waals surface area contributed by atoms with Crippen molar-refractivity contribution in [3.05, 3.63) is 70.3 Å². The molecule has 2 aromatic carbocycles. The van der Waals surface area contributed by atoms with Crippen LogP contribution in [0.5, 0.6) is 0 Å². The molecule has 3 rings (SSSR count). The first kappa shape index (κ1) is 13.1. The SMILES string of the molecule is Cc1ccccc1C(=O)Cn1ccc2c(Br)cccc21. The van der Waals surface area contributed by atoms with Crippen LogP contribution in [-0.2, 0) is 6.54 Å². The van der Waals surface area contributed by atoms with Crippen molar-refractivity contribution in [1.29, 1.82) is 0 Å². The molecule has 0 saturated heterocycles. The largest absolute Gasteiger partial charge is 0.340 e. The Morgan fingerprint density at radius 3 is 2.70 bits per heavy atom. The third-order valence-corrected chi connectivity index (χ3v) is 4.21. The summed E-state index contributed by atoms with van der Waals surface area (Å²) in [5, 5.41) is 1.13. The van der Waals surface area contributed by atoms with Crippen molar-refractivity contribution in [3.63, 3.8) is 0 Å². The second-order valence-corrected chi connectivity index (χ2v) is 5.71. The van der Waals surface area contributed by atoms with Crippen molar-refractivity contribution in [2.24, 2.45) is 0 Å². The molecule has 2 nitrogen and oxygen atoms in total. The predicted molar refractivity (Wildman–Crippen MR) is 85.1 cm³/mol. The molecule has 0 amide bonds. The predicted octanol–water partition coefficient (Wildman–Crippen LogP) is 4.60. The van der Waals surface area contributed by atoms with E-state index in [2.05, 4.69) is 15.9 Å². The molecule has 0 N–H and O–H groups in total. The van der Waals surface area contributed by atoms with Crippen molar-refractivity contribution < 1.29 is 4.79 Å². The van der Waals surface area contributed by atoms with Gasteiger partial charge < -0.3 is 4.57 Å². The Labute approximate surface area is 126 Å². The lowest BCUT2D eigenvalue weighted by atomic mass is 10.1. The number of hydrogen-bond donors (Lipinski definition) is 0. The lowest BCUT2D eigenvalue weighted by Gasteiger charge is -2.07. The lowest BCUT2D eigenvalue weighted by Crippen LogP contribution is -2.10. The van der Waals surface area contributed by atoms with Crippen molar-refractivity contribution in [2.75, 3.05) is 0 Å². The number of nitrogens with zero attached hydrogens (tertiary/aromatic N) is 1. The van der Waals surface area contributed by atoms with Gasteiger partial charge in [-0.25, -0.2) is 0 Å². The first-order valence-electron chi connectivity index (χ1n) is 6.49. The summed E-state index contributed by atoms with van der Waals surface area (Å²) in [4.78, 5) is 12.4. The Kier molecular flexibility index (Phi) is 3.45. The average Bonchev–Trinajstić information content (AvgIpc) is 2.84. The fourth-order valence-corrected chi connectivity index (χ4v) is 2.94. The molecule has 20 heavy (non-hydrogen) atoms. The Bertz CT molecular complexity index is 789. The number of Topliss-reactive ketones (excluding diaryl/α,β-unsaturated/α-hetero) is 1. The summed E-state index contributed by atoms with van der Waals surface area (Å²) in [7, 11) is 0. The Balaban J connectivity index is 1.96. The van der Waals surface area contributed by atoms with Crippen LogP contribution in [-0.4, -0.2) is 10.4 Å². The van der Waals surface area contributed by atoms with Gasteiger partial charge in [0.05, 0.1) is 6.54 Å². The molecule has 0 saturated carbocycles. The number of rotatable bonds is 3. The van der Waals surface area contributed by atoms with E-state index in [0.29, 0.717) is 6.54 Å². The number of hydrogen-bond acceptors (Lipinski definition) is 1. The van der Waals surface area contributed by atoms with Gasteiger partial charge in [-0.15, -0.1) is 0 Å². The molecule has 0 radical (unpaired) electrons. The fourth-order valence-electron chi connectivity index (χ4n) is 2.45. The molecule has 1 heterocycles. The number of aromatic nitrogens is 1. The third-order valence-electron chi connectivity index (χ3n) is 3.52. The number of aryl methyl sites for hydroxylation is 1. The van der Waals surface area contributed by atoms with Gasteiger partial charge in [-0.2, -0.15) is 0 Å². The number of fused-ring (bicyclic) bond motifs is 1. The van der Waals surface area contributed by atoms with Crippen LogP contribution >= 0.6 is 15.9 Å². The topological polar surface area (TPSA) is 22.0 Å². The number of benzene rings is 2. The van der Waals surface area contributed by atoms with Crippen molar-refractivity contribution in [3.8, 4) is 0 Å². The third kappa shape index (κ3) is 2.29. The van der Waals surface area contributed by atoms with E-state index < -0.39 is 0 Å². The van der Waals surface area contributed by atoms with E-state index in [1.54, 1.807) is 0 Å². The zero-order valence-corrected chi connectivity index (χ0v) is 12.7. The molecule has 0 unspecified atom stereocenters. The van der Waals surface area contributed by atoms with Gasteiger partial charge in [0.2, 0.25) is 0 Å². The molecule has 100 valence electrons. The van der Waals surface area contributed by atoms with E-state index in [9.17, 15) is 4.79 Å². The normalized spacial score (nSPS) is 10.9. The highest BCUT2D eigenvalue weighted by atomic mass is 79.9. The highest BCUT2D eigenvalue weighted by Gasteiger charge is 2.11. The summed E-state index contributed by atoms with van der Waals surface area (Å²) in [6.07, 6.45) is 1.96. The number of halogens is 1. The molecule has 3 heteroatoms. The van der Waals surface area contributed by atoms with Crippen molar-refractivity contribution in [2.45, 2.75) is 13.5 Å². The summed E-state index contributed by atoms with van der Waals surface area (Å²) in [5.74, 6) is 0.139. The lowest BCUT2D eigenvalue weighted by molar-refractivity contribution is 0.0973. The summed E-state index contributed by atoms with van der Waals surface area (Å²) in [6.45, 7) is 2.34. The molecule has 0 fully saturated rings. The molecule has 0 bridgehead atoms. The van der Waals surface area contributed by atoms with E-state index in [0.717, 1.165) is 26.5 Å². The number of ketones is 1. The summed E-state index contributed by atoms with van der Waals surface area (Å²) < 4.78 is 3.05. The van der Waals surface area contributed by atoms with Crippen LogP contribution in [0.3, 0.4) is 0 Å². The van der Waals surface area contributed by atoms with Crippen LogP contribution in [0.1, 0.15) is 15.9 Å². The van der Waals surface area contributed by atoms with Crippen LogP contribution in [0.25, 0.3) is 10.9 Å². The van der Waals surface area contributed by atoms with Gasteiger partial charge in [-0.05, 0) is 30.7 Å². The number of carbonyl (C=O) groups excluding carboxylic acids is 1. The highest BCUT2D eigenvalue weighted by Crippen LogP contribution is 2.25. The zero-order valence-electron chi connectivity index (χ0n) is 11.1. The zero-order chi connectivity index (χ0) is 14.1. The van der Waals surface area contributed by atoms with Gasteiger partial charge in [0.15, 0.2) is 5.78 Å². The monoisotopic (exact) mass is 327 g/mol. The number of carbonyl (C=O) groups is 1. The molecule has 0 atom stereocenters. The van der Waals surface area contributed by atoms with Gasteiger partial charge in [0.25, 0.3) is 0 Å². The molecule has 0 aliphatic heterocycles. The highest BCUT2D eigenvalue weighted by molar-refractivity contribution is 9.10. The quantitative estimate of drug-likeness (QED) is 0.644. The van der Waals surface area contributed by atoms with Gasteiger partial charge in [-0.1, -0.05) is 46.3 Å².